The number of nitrogens with two attached hydrogens (primary N) is 1. The summed E-state index contributed by atoms with van der Waals surface area (Å²) in [6.45, 7) is 4.36. The summed E-state index contributed by atoms with van der Waals surface area (Å²) in [7, 11) is 0. The van der Waals surface area contributed by atoms with Gasteiger partial charge in [0.1, 0.15) is 0 Å². The van der Waals surface area contributed by atoms with Crippen molar-refractivity contribution in [3.8, 4) is 0 Å². The van der Waals surface area contributed by atoms with E-state index in [4.69, 9.17) is 18.0 Å². The van der Waals surface area contributed by atoms with Crippen molar-refractivity contribution in [2.45, 2.75) is 33.1 Å². The third-order valence-corrected chi connectivity index (χ3v) is 1.50. The lowest BCUT2D eigenvalue weighted by Crippen LogP contribution is -2.11. The summed E-state index contributed by atoms with van der Waals surface area (Å²) < 4.78 is 0. The summed E-state index contributed by atoms with van der Waals surface area (Å²) in [6.07, 6.45) is 3.37. The van der Waals surface area contributed by atoms with Crippen molar-refractivity contribution in [1.29, 1.82) is 0 Å². The first-order valence-electron chi connectivity index (χ1n) is 3.45. The summed E-state index contributed by atoms with van der Waals surface area (Å²) in [6, 6.07) is 0. The van der Waals surface area contributed by atoms with Crippen LogP contribution in [0.25, 0.3) is 0 Å². The molecule has 1 nitrogen and oxygen atoms in total. The van der Waals surface area contributed by atoms with Crippen LogP contribution in [0, 0.1) is 5.92 Å². The van der Waals surface area contributed by atoms with Crippen LogP contribution in [0.3, 0.4) is 0 Å². The van der Waals surface area contributed by atoms with Crippen molar-refractivity contribution in [2.24, 2.45) is 11.7 Å². The van der Waals surface area contributed by atoms with Crippen molar-refractivity contribution in [3.63, 3.8) is 0 Å². The molecule has 1 unspecified atom stereocenters. The maximum atomic E-state index is 5.36. The molecule has 2 N–H and O–H groups in total. The summed E-state index contributed by atoms with van der Waals surface area (Å²) in [5, 5.41) is 0. The number of rotatable bonds is 4. The number of hydrogen-bond acceptors (Lipinski definition) is 1. The zero-order valence-corrected chi connectivity index (χ0v) is 7.00. The minimum absolute atomic E-state index is 0.649. The van der Waals surface area contributed by atoms with Gasteiger partial charge in [-0.05, 0) is 5.92 Å². The minimum atomic E-state index is 0.649. The lowest BCUT2D eigenvalue weighted by Gasteiger charge is -2.06. The molecule has 0 fully saturated rings. The van der Waals surface area contributed by atoms with Crippen molar-refractivity contribution >= 4 is 17.2 Å². The van der Waals surface area contributed by atoms with Gasteiger partial charge in [-0.1, -0.05) is 38.9 Å². The van der Waals surface area contributed by atoms with Crippen LogP contribution in [0.15, 0.2) is 0 Å². The Labute approximate surface area is 62.6 Å². The average molecular weight is 145 g/mol. The lowest BCUT2D eigenvalue weighted by molar-refractivity contribution is 0.545. The molecule has 0 aromatic carbocycles. The van der Waals surface area contributed by atoms with E-state index in [0.717, 1.165) is 6.42 Å². The zero-order chi connectivity index (χ0) is 7.28. The van der Waals surface area contributed by atoms with E-state index >= 15 is 0 Å². The molecule has 0 spiro atoms. The minimum Gasteiger partial charge on any atom is -0.393 e. The Morgan fingerprint density at radius 1 is 1.67 bits per heavy atom. The van der Waals surface area contributed by atoms with Crippen LogP contribution in [-0.2, 0) is 0 Å². The van der Waals surface area contributed by atoms with Crippen LogP contribution in [0.5, 0.6) is 0 Å². The van der Waals surface area contributed by atoms with E-state index in [9.17, 15) is 0 Å². The van der Waals surface area contributed by atoms with E-state index in [1.54, 1.807) is 0 Å². The zero-order valence-electron chi connectivity index (χ0n) is 6.18. The van der Waals surface area contributed by atoms with Crippen LogP contribution in [0.2, 0.25) is 0 Å². The van der Waals surface area contributed by atoms with Gasteiger partial charge in [-0.15, -0.1) is 0 Å². The third-order valence-electron chi connectivity index (χ3n) is 1.33. The lowest BCUT2D eigenvalue weighted by atomic mass is 10.0. The molecule has 0 amide bonds. The van der Waals surface area contributed by atoms with Crippen LogP contribution in [0.1, 0.15) is 33.1 Å². The molecular weight excluding hydrogens is 130 g/mol. The van der Waals surface area contributed by atoms with Crippen LogP contribution >= 0.6 is 12.2 Å². The highest BCUT2D eigenvalue weighted by Gasteiger charge is 2.00. The van der Waals surface area contributed by atoms with Crippen LogP contribution in [-0.4, -0.2) is 4.99 Å². The monoisotopic (exact) mass is 145 g/mol. The molecule has 0 aromatic rings. The molecule has 1 atom stereocenters. The van der Waals surface area contributed by atoms with Crippen molar-refractivity contribution in [1.82, 2.24) is 0 Å². The summed E-state index contributed by atoms with van der Waals surface area (Å²) in [5.41, 5.74) is 5.36. The van der Waals surface area contributed by atoms with Gasteiger partial charge in [0.25, 0.3) is 0 Å². The Hall–Kier alpha value is -0.110. The first-order chi connectivity index (χ1) is 4.16. The maximum absolute atomic E-state index is 5.36. The standard InChI is InChI=1S/C7H15NS/c1-3-4-6(2)5-7(8)9/h6H,3-5H2,1-2H3,(H2,8,9). The molecule has 0 aliphatic rings. The Balaban J connectivity index is 3.26. The van der Waals surface area contributed by atoms with Crippen LogP contribution < -0.4 is 5.73 Å². The van der Waals surface area contributed by atoms with Crippen molar-refractivity contribution in [2.75, 3.05) is 0 Å². The van der Waals surface area contributed by atoms with Gasteiger partial charge in [0.15, 0.2) is 0 Å². The number of thiocarbonyl (C=S) groups is 1. The van der Waals surface area contributed by atoms with Crippen molar-refractivity contribution in [3.05, 3.63) is 0 Å². The molecule has 0 aliphatic carbocycles. The fraction of sp³-hybridized carbons (Fsp3) is 0.857. The molecule has 9 heavy (non-hydrogen) atoms. The second kappa shape index (κ2) is 4.74. The van der Waals surface area contributed by atoms with E-state index in [2.05, 4.69) is 13.8 Å². The fourth-order valence-corrected chi connectivity index (χ4v) is 1.22. The Morgan fingerprint density at radius 2 is 2.22 bits per heavy atom. The summed E-state index contributed by atoms with van der Waals surface area (Å²) in [4.78, 5) is 0.649. The third kappa shape index (κ3) is 5.77. The molecule has 2 heteroatoms. The molecule has 0 rings (SSSR count). The largest absolute Gasteiger partial charge is 0.393 e. The first kappa shape index (κ1) is 8.89. The second-order valence-electron chi connectivity index (χ2n) is 2.56. The van der Waals surface area contributed by atoms with E-state index in [-0.39, 0.29) is 0 Å². The van der Waals surface area contributed by atoms with Crippen molar-refractivity contribution < 1.29 is 0 Å². The molecule has 0 aliphatic heterocycles. The Kier molecular flexibility index (Phi) is 4.68. The molecule has 0 bridgehead atoms. The van der Waals surface area contributed by atoms with E-state index in [1.165, 1.54) is 12.8 Å². The van der Waals surface area contributed by atoms with Gasteiger partial charge < -0.3 is 5.73 Å². The molecule has 0 saturated carbocycles. The average Bonchev–Trinajstić information content (AvgIpc) is 1.63. The molecule has 0 aromatic heterocycles. The number of hydrogen-bond donors (Lipinski definition) is 1. The van der Waals surface area contributed by atoms with Gasteiger partial charge in [0.05, 0.1) is 4.99 Å². The smallest absolute Gasteiger partial charge is 0.0730 e. The summed E-state index contributed by atoms with van der Waals surface area (Å²) >= 11 is 4.76. The molecular formula is C7H15NS. The predicted octanol–water partition coefficient (Wildman–Crippen LogP) is 2.10. The quantitative estimate of drug-likeness (QED) is 0.613. The highest BCUT2D eigenvalue weighted by Crippen LogP contribution is 2.08. The maximum Gasteiger partial charge on any atom is 0.0730 e. The van der Waals surface area contributed by atoms with Gasteiger partial charge in [-0.3, -0.25) is 0 Å². The molecule has 0 radical (unpaired) electrons. The molecule has 0 heterocycles. The Bertz CT molecular complexity index is 90.9. The van der Waals surface area contributed by atoms with Gasteiger partial charge in [0, 0.05) is 6.42 Å². The van der Waals surface area contributed by atoms with E-state index in [1.807, 2.05) is 0 Å². The highest BCUT2D eigenvalue weighted by molar-refractivity contribution is 7.80. The molecule has 54 valence electrons. The predicted molar refractivity (Wildman–Crippen MR) is 45.5 cm³/mol. The SMILES string of the molecule is CCCC(C)CC(N)=S. The van der Waals surface area contributed by atoms with Gasteiger partial charge in [0.2, 0.25) is 0 Å². The van der Waals surface area contributed by atoms with Gasteiger partial charge in [-0.25, -0.2) is 0 Å². The van der Waals surface area contributed by atoms with Gasteiger partial charge in [-0.2, -0.15) is 0 Å². The highest BCUT2D eigenvalue weighted by atomic mass is 32.1. The topological polar surface area (TPSA) is 26.0 Å². The second-order valence-corrected chi connectivity index (χ2v) is 3.09. The van der Waals surface area contributed by atoms with E-state index < -0.39 is 0 Å². The van der Waals surface area contributed by atoms with Gasteiger partial charge >= 0.3 is 0 Å². The molecule has 0 saturated heterocycles. The van der Waals surface area contributed by atoms with Crippen LogP contribution in [0.4, 0.5) is 0 Å². The van der Waals surface area contributed by atoms with E-state index in [0.29, 0.717) is 10.9 Å². The Morgan fingerprint density at radius 3 is 2.56 bits per heavy atom. The first-order valence-corrected chi connectivity index (χ1v) is 3.86. The fourth-order valence-electron chi connectivity index (χ4n) is 0.938. The normalized spacial score (nSPS) is 13.1. The summed E-state index contributed by atoms with van der Waals surface area (Å²) in [5.74, 6) is 0.674.